The number of hydrogen-bond donors (Lipinski definition) is 2. The van der Waals surface area contributed by atoms with Crippen LogP contribution < -0.4 is 29.1 Å². The second-order valence-corrected chi connectivity index (χ2v) is 14.3. The zero-order valence-electron chi connectivity index (χ0n) is 27.3. The zero-order chi connectivity index (χ0) is 34.1. The zero-order valence-corrected chi connectivity index (χ0v) is 28.2. The van der Waals surface area contributed by atoms with Gasteiger partial charge in [-0.3, -0.25) is 14.6 Å². The van der Waals surface area contributed by atoms with Crippen LogP contribution in [-0.2, 0) is 19.6 Å². The van der Waals surface area contributed by atoms with Crippen molar-refractivity contribution in [3.05, 3.63) is 90.0 Å². The van der Waals surface area contributed by atoms with Crippen LogP contribution in [0.1, 0.15) is 55.7 Å². The van der Waals surface area contributed by atoms with Crippen molar-refractivity contribution in [2.24, 2.45) is 10.9 Å². The predicted octanol–water partition coefficient (Wildman–Crippen LogP) is 5.48. The molecule has 254 valence electrons. The third kappa shape index (κ3) is 6.70. The molecular weight excluding hydrogens is 644 g/mol. The number of carbonyl (C=O) groups excluding carboxylic acids is 2. The summed E-state index contributed by atoms with van der Waals surface area (Å²) in [6, 6.07) is 21.9. The number of nitrogens with zero attached hydrogens (tertiary/aromatic N) is 2. The summed E-state index contributed by atoms with van der Waals surface area (Å²) in [6.45, 7) is 0.0402. The quantitative estimate of drug-likeness (QED) is 0.239. The second-order valence-electron chi connectivity index (χ2n) is 12.6. The van der Waals surface area contributed by atoms with E-state index in [9.17, 15) is 18.0 Å². The van der Waals surface area contributed by atoms with Crippen LogP contribution in [0, 0.1) is 5.92 Å². The summed E-state index contributed by atoms with van der Waals surface area (Å²) < 4.78 is 46.8. The van der Waals surface area contributed by atoms with Crippen LogP contribution in [0.3, 0.4) is 0 Å². The van der Waals surface area contributed by atoms with Crippen molar-refractivity contribution >= 4 is 44.0 Å². The van der Waals surface area contributed by atoms with Gasteiger partial charge in [-0.1, -0.05) is 55.7 Å². The molecule has 3 aliphatic rings. The van der Waals surface area contributed by atoms with Gasteiger partial charge in [0.1, 0.15) is 5.75 Å². The first kappa shape index (κ1) is 32.6. The largest absolute Gasteiger partial charge is 0.497 e. The van der Waals surface area contributed by atoms with Crippen LogP contribution in [0.4, 0.5) is 5.69 Å². The topological polar surface area (TPSA) is 136 Å². The first-order valence-electron chi connectivity index (χ1n) is 16.4. The highest BCUT2D eigenvalue weighted by Crippen LogP contribution is 2.36. The average molecular weight is 683 g/mol. The normalized spacial score (nSPS) is 18.4. The monoisotopic (exact) mass is 682 g/mol. The number of rotatable bonds is 9. The fourth-order valence-electron chi connectivity index (χ4n) is 6.85. The van der Waals surface area contributed by atoms with Gasteiger partial charge in [-0.2, -0.15) is 0 Å². The van der Waals surface area contributed by atoms with Crippen molar-refractivity contribution in [2.45, 2.75) is 55.6 Å². The van der Waals surface area contributed by atoms with Crippen LogP contribution in [0.2, 0.25) is 0 Å². The summed E-state index contributed by atoms with van der Waals surface area (Å²) in [5.74, 6) is 0.884. The Morgan fingerprint density at radius 2 is 1.71 bits per heavy atom. The van der Waals surface area contributed by atoms with Gasteiger partial charge in [0.05, 0.1) is 29.4 Å². The highest BCUT2D eigenvalue weighted by molar-refractivity contribution is 7.89. The van der Waals surface area contributed by atoms with Crippen LogP contribution in [0.25, 0.3) is 10.8 Å². The molecule has 2 aliphatic heterocycles. The number of amides is 2. The molecule has 1 fully saturated rings. The van der Waals surface area contributed by atoms with Gasteiger partial charge in [-0.25, -0.2) is 13.1 Å². The Kier molecular flexibility index (Phi) is 9.00. The lowest BCUT2D eigenvalue weighted by Crippen LogP contribution is -2.47. The smallest absolute Gasteiger partial charge is 0.272 e. The Balaban J connectivity index is 1.18. The van der Waals surface area contributed by atoms with Gasteiger partial charge in [0.25, 0.3) is 5.91 Å². The van der Waals surface area contributed by atoms with E-state index >= 15 is 0 Å². The van der Waals surface area contributed by atoms with Crippen molar-refractivity contribution in [2.75, 3.05) is 25.9 Å². The molecule has 1 saturated carbocycles. The number of para-hydroxylation sites is 1. The second kappa shape index (κ2) is 13.5. The van der Waals surface area contributed by atoms with E-state index in [-0.39, 0.29) is 29.9 Å². The number of fused-ring (bicyclic) bond motifs is 3. The number of methoxy groups -OCH3 is 1. The van der Waals surface area contributed by atoms with Gasteiger partial charge in [0.15, 0.2) is 11.5 Å². The summed E-state index contributed by atoms with van der Waals surface area (Å²) in [4.78, 5) is 34.1. The average Bonchev–Trinajstić information content (AvgIpc) is 3.57. The number of hydrogen-bond acceptors (Lipinski definition) is 8. The van der Waals surface area contributed by atoms with Crippen LogP contribution in [-0.4, -0.2) is 53.1 Å². The Morgan fingerprint density at radius 3 is 2.53 bits per heavy atom. The summed E-state index contributed by atoms with van der Waals surface area (Å²) >= 11 is 0. The lowest BCUT2D eigenvalue weighted by molar-refractivity contribution is -0.127. The van der Waals surface area contributed by atoms with E-state index in [0.29, 0.717) is 28.2 Å². The number of likely N-dealkylation sites (N-methyl/N-ethyl adjacent to an activating group) is 1. The van der Waals surface area contributed by atoms with E-state index in [4.69, 9.17) is 19.2 Å². The molecule has 1 aliphatic carbocycles. The number of benzene rings is 4. The minimum atomic E-state index is -4.13. The molecule has 0 spiro atoms. The highest BCUT2D eigenvalue weighted by Gasteiger charge is 2.34. The third-order valence-electron chi connectivity index (χ3n) is 9.48. The molecule has 0 aromatic heterocycles. The molecule has 2 heterocycles. The molecule has 0 bridgehead atoms. The standard InChI is InChI=1S/C37H38N4O7S/c1-41-31-11-7-6-10-29(31)35(23-8-4-3-5-9-23)39-36(37(41)43)38-34(42)21-30(26-14-17-32-33(20-26)48-22-47-32)40-49(44,45)28-16-13-24-18-27(46-2)15-12-25(24)19-28/h6-7,10-20,23,30,36,40H,3-5,8-9,21-22H2,1-2H3,(H,38,42)/t30-,36?/m1/s1. The molecule has 2 N–H and O–H groups in total. The molecule has 2 atom stereocenters. The van der Waals surface area contributed by atoms with E-state index in [1.807, 2.05) is 30.3 Å². The highest BCUT2D eigenvalue weighted by atomic mass is 32.2. The van der Waals surface area contributed by atoms with Gasteiger partial charge in [-0.05, 0) is 71.6 Å². The van der Waals surface area contributed by atoms with Crippen LogP contribution in [0.15, 0.2) is 88.8 Å². The van der Waals surface area contributed by atoms with Gasteiger partial charge >= 0.3 is 0 Å². The molecule has 49 heavy (non-hydrogen) atoms. The van der Waals surface area contributed by atoms with E-state index in [1.165, 1.54) is 11.0 Å². The molecular formula is C37H38N4O7S. The Hall–Kier alpha value is -4.94. The summed E-state index contributed by atoms with van der Waals surface area (Å²) in [7, 11) is -0.874. The summed E-state index contributed by atoms with van der Waals surface area (Å²) in [6.07, 6.45) is 3.76. The number of anilines is 1. The van der Waals surface area contributed by atoms with Crippen molar-refractivity contribution < 1.29 is 32.2 Å². The minimum Gasteiger partial charge on any atom is -0.497 e. The molecule has 4 aromatic rings. The maximum absolute atomic E-state index is 13.9. The summed E-state index contributed by atoms with van der Waals surface area (Å²) in [5, 5.41) is 4.37. The SMILES string of the molecule is COc1ccc2cc(S(=O)(=O)N[C@H](CC(=O)NC3N=C(C4CCCCC4)c4ccccc4N(C)C3=O)c3ccc4c(c3)OCO4)ccc2c1. The maximum atomic E-state index is 13.9. The number of nitrogens with one attached hydrogen (secondary N) is 2. The first-order valence-corrected chi connectivity index (χ1v) is 17.9. The number of sulfonamides is 1. The van der Waals surface area contributed by atoms with E-state index in [0.717, 1.165) is 54.5 Å². The first-order chi connectivity index (χ1) is 23.7. The molecule has 0 saturated heterocycles. The van der Waals surface area contributed by atoms with Crippen LogP contribution in [0.5, 0.6) is 17.2 Å². The molecule has 0 radical (unpaired) electrons. The lowest BCUT2D eigenvalue weighted by atomic mass is 9.83. The fraction of sp³-hybridized carbons (Fsp3) is 0.324. The molecule has 1 unspecified atom stereocenters. The van der Waals surface area contributed by atoms with Crippen molar-refractivity contribution in [3.63, 3.8) is 0 Å². The lowest BCUT2D eigenvalue weighted by Gasteiger charge is -2.25. The number of carbonyl (C=O) groups is 2. The Morgan fingerprint density at radius 1 is 0.959 bits per heavy atom. The molecule has 2 amide bonds. The van der Waals surface area contributed by atoms with Gasteiger partial charge in [0.2, 0.25) is 28.9 Å². The van der Waals surface area contributed by atoms with Crippen molar-refractivity contribution in [1.29, 1.82) is 0 Å². The van der Waals surface area contributed by atoms with E-state index in [1.54, 1.807) is 56.6 Å². The number of benzodiazepines with no additional fused rings is 1. The van der Waals surface area contributed by atoms with Gasteiger partial charge < -0.3 is 24.4 Å². The van der Waals surface area contributed by atoms with Gasteiger partial charge in [-0.15, -0.1) is 0 Å². The fourth-order valence-corrected chi connectivity index (χ4v) is 8.11. The number of aliphatic imine (C=N–C) groups is 1. The number of ether oxygens (including phenoxy) is 3. The summed E-state index contributed by atoms with van der Waals surface area (Å²) in [5.41, 5.74) is 2.95. The molecule has 7 rings (SSSR count). The van der Waals surface area contributed by atoms with Crippen LogP contribution >= 0.6 is 0 Å². The third-order valence-corrected chi connectivity index (χ3v) is 10.9. The van der Waals surface area contributed by atoms with Gasteiger partial charge in [0, 0.05) is 24.9 Å². The maximum Gasteiger partial charge on any atom is 0.272 e. The predicted molar refractivity (Wildman–Crippen MR) is 186 cm³/mol. The van der Waals surface area contributed by atoms with Crippen molar-refractivity contribution in [3.8, 4) is 17.2 Å². The minimum absolute atomic E-state index is 0.0383. The Bertz CT molecular complexity index is 2060. The molecule has 11 nitrogen and oxygen atoms in total. The molecule has 4 aromatic carbocycles. The van der Waals surface area contributed by atoms with E-state index < -0.39 is 28.1 Å². The van der Waals surface area contributed by atoms with Crippen molar-refractivity contribution in [1.82, 2.24) is 10.0 Å². The Labute approximate surface area is 285 Å². The van der Waals surface area contributed by atoms with E-state index in [2.05, 4.69) is 10.0 Å². The molecule has 12 heteroatoms.